The van der Waals surface area contributed by atoms with Crippen LogP contribution in [0.4, 0.5) is 0 Å². The van der Waals surface area contributed by atoms with E-state index in [0.717, 1.165) is 24.2 Å². The summed E-state index contributed by atoms with van der Waals surface area (Å²) in [6, 6.07) is 9.64. The van der Waals surface area contributed by atoms with Crippen LogP contribution in [0.25, 0.3) is 0 Å². The summed E-state index contributed by atoms with van der Waals surface area (Å²) in [6.07, 6.45) is 2.84. The summed E-state index contributed by atoms with van der Waals surface area (Å²) < 4.78 is 10.8. The monoisotopic (exact) mass is 356 g/mol. The quantitative estimate of drug-likeness (QED) is 0.762. The first-order valence-electron chi connectivity index (χ1n) is 8.87. The number of hydrogen-bond donors (Lipinski definition) is 2. The highest BCUT2D eigenvalue weighted by Gasteiger charge is 2.23. The fourth-order valence-electron chi connectivity index (χ4n) is 2.67. The van der Waals surface area contributed by atoms with Gasteiger partial charge >= 0.3 is 0 Å². The normalized spacial score (nSPS) is 13.3. The van der Waals surface area contributed by atoms with E-state index in [0.29, 0.717) is 36.1 Å². The molecule has 26 heavy (non-hydrogen) atoms. The second kappa shape index (κ2) is 8.08. The van der Waals surface area contributed by atoms with Crippen molar-refractivity contribution in [3.05, 3.63) is 53.0 Å². The van der Waals surface area contributed by atoms with Gasteiger partial charge in [0.2, 0.25) is 0 Å². The van der Waals surface area contributed by atoms with Gasteiger partial charge in [-0.25, -0.2) is 0 Å². The number of benzene rings is 1. The Kier molecular flexibility index (Phi) is 5.61. The number of aryl methyl sites for hydroxylation is 2. The summed E-state index contributed by atoms with van der Waals surface area (Å²) in [5, 5.41) is 5.78. The first kappa shape index (κ1) is 18.0. The van der Waals surface area contributed by atoms with E-state index in [9.17, 15) is 9.59 Å². The zero-order chi connectivity index (χ0) is 18.5. The molecule has 0 atom stereocenters. The lowest BCUT2D eigenvalue weighted by molar-refractivity contribution is -0.123. The molecule has 1 heterocycles. The van der Waals surface area contributed by atoms with Gasteiger partial charge in [0.25, 0.3) is 11.8 Å². The second-order valence-electron chi connectivity index (χ2n) is 6.61. The molecule has 1 aromatic carbocycles. The smallest absolute Gasteiger partial charge is 0.258 e. The van der Waals surface area contributed by atoms with Crippen LogP contribution in [0, 0.1) is 13.8 Å². The maximum absolute atomic E-state index is 12.1. The summed E-state index contributed by atoms with van der Waals surface area (Å²) in [4.78, 5) is 23.7. The van der Waals surface area contributed by atoms with E-state index >= 15 is 0 Å². The van der Waals surface area contributed by atoms with Gasteiger partial charge in [-0.15, -0.1) is 0 Å². The first-order chi connectivity index (χ1) is 12.5. The average molecular weight is 356 g/mol. The number of rotatable bonds is 8. The van der Waals surface area contributed by atoms with Gasteiger partial charge < -0.3 is 19.8 Å². The van der Waals surface area contributed by atoms with Crippen molar-refractivity contribution in [2.75, 3.05) is 13.2 Å². The molecule has 2 N–H and O–H groups in total. The minimum atomic E-state index is -0.124. The molecule has 0 spiro atoms. The number of ether oxygens (including phenoxy) is 1. The van der Waals surface area contributed by atoms with E-state index < -0.39 is 0 Å². The van der Waals surface area contributed by atoms with Crippen LogP contribution < -0.4 is 15.4 Å². The molecule has 6 heteroatoms. The highest BCUT2D eigenvalue weighted by molar-refractivity contribution is 5.95. The third kappa shape index (κ3) is 5.12. The van der Waals surface area contributed by atoms with E-state index in [1.54, 1.807) is 13.0 Å². The molecule has 0 unspecified atom stereocenters. The molecule has 2 aromatic rings. The summed E-state index contributed by atoms with van der Waals surface area (Å²) in [5.74, 6) is 1.82. The lowest BCUT2D eigenvalue weighted by atomic mass is 10.1. The van der Waals surface area contributed by atoms with E-state index in [1.165, 1.54) is 0 Å². The zero-order valence-electron chi connectivity index (χ0n) is 15.1. The molecular formula is C20H24N2O4. The summed E-state index contributed by atoms with van der Waals surface area (Å²) in [7, 11) is 0. The standard InChI is InChI=1S/C20H24N2O4/c1-13-11-18(14(2)26-13)20(24)21-10-9-15-3-7-17(8-4-15)25-12-19(23)22-16-5-6-16/h3-4,7-8,11,16H,5-6,9-10,12H2,1-2H3,(H,21,24)(H,22,23). The van der Waals surface area contributed by atoms with Crippen molar-refractivity contribution in [2.24, 2.45) is 0 Å². The zero-order valence-corrected chi connectivity index (χ0v) is 15.1. The lowest BCUT2D eigenvalue weighted by Gasteiger charge is -2.08. The van der Waals surface area contributed by atoms with Crippen LogP contribution in [-0.2, 0) is 11.2 Å². The van der Waals surface area contributed by atoms with Crippen LogP contribution in [0.2, 0.25) is 0 Å². The predicted octanol–water partition coefficient (Wildman–Crippen LogP) is 2.53. The van der Waals surface area contributed by atoms with Crippen molar-refractivity contribution in [1.29, 1.82) is 0 Å². The van der Waals surface area contributed by atoms with E-state index in [1.807, 2.05) is 31.2 Å². The molecule has 6 nitrogen and oxygen atoms in total. The Hall–Kier alpha value is -2.76. The third-order valence-electron chi connectivity index (χ3n) is 4.22. The molecular weight excluding hydrogens is 332 g/mol. The number of amides is 2. The summed E-state index contributed by atoms with van der Waals surface area (Å²) >= 11 is 0. The highest BCUT2D eigenvalue weighted by Crippen LogP contribution is 2.18. The fraction of sp³-hybridized carbons (Fsp3) is 0.400. The Labute approximate surface area is 152 Å². The Balaban J connectivity index is 1.40. The molecule has 1 aliphatic carbocycles. The predicted molar refractivity (Wildman–Crippen MR) is 97.3 cm³/mol. The molecule has 2 amide bonds. The van der Waals surface area contributed by atoms with E-state index in [4.69, 9.17) is 9.15 Å². The van der Waals surface area contributed by atoms with Crippen LogP contribution in [0.15, 0.2) is 34.7 Å². The van der Waals surface area contributed by atoms with Crippen molar-refractivity contribution < 1.29 is 18.7 Å². The van der Waals surface area contributed by atoms with Gasteiger partial charge in [-0.05, 0) is 56.9 Å². The largest absolute Gasteiger partial charge is 0.484 e. The molecule has 0 bridgehead atoms. The number of carbonyl (C=O) groups is 2. The van der Waals surface area contributed by atoms with Crippen LogP contribution in [0.1, 0.15) is 40.3 Å². The maximum atomic E-state index is 12.1. The van der Waals surface area contributed by atoms with Crippen LogP contribution in [0.3, 0.4) is 0 Å². The van der Waals surface area contributed by atoms with Gasteiger partial charge in [0.15, 0.2) is 6.61 Å². The van der Waals surface area contributed by atoms with Crippen molar-refractivity contribution in [3.8, 4) is 5.75 Å². The van der Waals surface area contributed by atoms with Gasteiger partial charge in [-0.1, -0.05) is 12.1 Å². The maximum Gasteiger partial charge on any atom is 0.258 e. The number of hydrogen-bond acceptors (Lipinski definition) is 4. The molecule has 0 aliphatic heterocycles. The molecule has 3 rings (SSSR count). The van der Waals surface area contributed by atoms with Gasteiger partial charge in [0, 0.05) is 12.6 Å². The topological polar surface area (TPSA) is 80.6 Å². The Bertz CT molecular complexity index is 776. The molecule has 1 aromatic heterocycles. The molecule has 0 radical (unpaired) electrons. The van der Waals surface area contributed by atoms with Gasteiger partial charge in [-0.2, -0.15) is 0 Å². The van der Waals surface area contributed by atoms with Crippen molar-refractivity contribution in [3.63, 3.8) is 0 Å². The molecule has 138 valence electrons. The highest BCUT2D eigenvalue weighted by atomic mass is 16.5. The fourth-order valence-corrected chi connectivity index (χ4v) is 2.67. The second-order valence-corrected chi connectivity index (χ2v) is 6.61. The minimum Gasteiger partial charge on any atom is -0.484 e. The number of carbonyl (C=O) groups excluding carboxylic acids is 2. The van der Waals surface area contributed by atoms with Crippen LogP contribution in [-0.4, -0.2) is 31.0 Å². The summed E-state index contributed by atoms with van der Waals surface area (Å²) in [5.41, 5.74) is 1.66. The van der Waals surface area contributed by atoms with Gasteiger partial charge in [-0.3, -0.25) is 9.59 Å². The van der Waals surface area contributed by atoms with Gasteiger partial charge in [0.1, 0.15) is 17.3 Å². The Morgan fingerprint density at radius 3 is 2.54 bits per heavy atom. The van der Waals surface area contributed by atoms with E-state index in [-0.39, 0.29) is 18.4 Å². The van der Waals surface area contributed by atoms with Crippen LogP contribution in [0.5, 0.6) is 5.75 Å². The lowest BCUT2D eigenvalue weighted by Crippen LogP contribution is -2.30. The Morgan fingerprint density at radius 1 is 1.19 bits per heavy atom. The number of nitrogens with one attached hydrogen (secondary N) is 2. The Morgan fingerprint density at radius 2 is 1.92 bits per heavy atom. The average Bonchev–Trinajstić information content (AvgIpc) is 3.36. The van der Waals surface area contributed by atoms with Crippen molar-refractivity contribution in [2.45, 2.75) is 39.2 Å². The SMILES string of the molecule is Cc1cc(C(=O)NCCc2ccc(OCC(=O)NC3CC3)cc2)c(C)o1. The van der Waals surface area contributed by atoms with Gasteiger partial charge in [0.05, 0.1) is 5.56 Å². The summed E-state index contributed by atoms with van der Waals surface area (Å²) in [6.45, 7) is 4.18. The van der Waals surface area contributed by atoms with Crippen LogP contribution >= 0.6 is 0 Å². The number of furan rings is 1. The molecule has 0 saturated heterocycles. The van der Waals surface area contributed by atoms with Crippen molar-refractivity contribution >= 4 is 11.8 Å². The third-order valence-corrected chi connectivity index (χ3v) is 4.22. The minimum absolute atomic E-state index is 0.0371. The molecule has 1 saturated carbocycles. The van der Waals surface area contributed by atoms with Crippen molar-refractivity contribution in [1.82, 2.24) is 10.6 Å². The molecule has 1 fully saturated rings. The molecule has 1 aliphatic rings. The first-order valence-corrected chi connectivity index (χ1v) is 8.87. The van der Waals surface area contributed by atoms with E-state index in [2.05, 4.69) is 10.6 Å².